The topological polar surface area (TPSA) is 29.3 Å². The number of aryl methyl sites for hydroxylation is 1. The van der Waals surface area contributed by atoms with Gasteiger partial charge in [0.15, 0.2) is 0 Å². The Labute approximate surface area is 135 Å². The van der Waals surface area contributed by atoms with Gasteiger partial charge in [-0.05, 0) is 60.7 Å². The van der Waals surface area contributed by atoms with Crippen molar-refractivity contribution in [3.05, 3.63) is 43.8 Å². The van der Waals surface area contributed by atoms with Gasteiger partial charge in [-0.1, -0.05) is 6.92 Å². The smallest absolute Gasteiger partial charge is 0.0601 e. The lowest BCUT2D eigenvalue weighted by Gasteiger charge is -2.42. The first-order valence-electron chi connectivity index (χ1n) is 7.75. The molecule has 0 aliphatic carbocycles. The van der Waals surface area contributed by atoms with Crippen LogP contribution < -0.4 is 5.73 Å². The summed E-state index contributed by atoms with van der Waals surface area (Å²) >= 11 is 3.76. The van der Waals surface area contributed by atoms with Gasteiger partial charge in [0.2, 0.25) is 0 Å². The average molecular weight is 321 g/mol. The molecule has 3 atom stereocenters. The Morgan fingerprint density at radius 3 is 2.76 bits per heavy atom. The van der Waals surface area contributed by atoms with Gasteiger partial charge < -0.3 is 5.73 Å². The second-order valence-corrected chi connectivity index (χ2v) is 7.90. The molecule has 114 valence electrons. The quantitative estimate of drug-likeness (QED) is 0.897. The summed E-state index contributed by atoms with van der Waals surface area (Å²) in [6, 6.07) is 5.53. The monoisotopic (exact) mass is 320 g/mol. The number of hydrogen-bond acceptors (Lipinski definition) is 4. The van der Waals surface area contributed by atoms with E-state index in [2.05, 4.69) is 48.6 Å². The second-order valence-electron chi connectivity index (χ2n) is 5.95. The van der Waals surface area contributed by atoms with Crippen LogP contribution in [-0.2, 0) is 6.42 Å². The van der Waals surface area contributed by atoms with E-state index in [-0.39, 0.29) is 6.04 Å². The minimum absolute atomic E-state index is 0.199. The maximum absolute atomic E-state index is 6.53. The van der Waals surface area contributed by atoms with Gasteiger partial charge in [0.25, 0.3) is 0 Å². The third kappa shape index (κ3) is 2.70. The first-order chi connectivity index (χ1) is 10.1. The van der Waals surface area contributed by atoms with Crippen molar-refractivity contribution in [2.75, 3.05) is 6.54 Å². The summed E-state index contributed by atoms with van der Waals surface area (Å²) in [4.78, 5) is 5.64. The Bertz CT molecular complexity index is 601. The molecule has 2 aromatic heterocycles. The molecule has 0 amide bonds. The molecule has 0 saturated carbocycles. The average Bonchev–Trinajstić information content (AvgIpc) is 3.11. The van der Waals surface area contributed by atoms with Crippen molar-refractivity contribution >= 4 is 22.7 Å². The third-order valence-corrected chi connectivity index (χ3v) is 6.82. The minimum Gasteiger partial charge on any atom is -0.326 e. The lowest BCUT2D eigenvalue weighted by atomic mass is 9.93. The summed E-state index contributed by atoms with van der Waals surface area (Å²) < 4.78 is 0. The number of hydrogen-bond donors (Lipinski definition) is 1. The first kappa shape index (κ1) is 15.2. The van der Waals surface area contributed by atoms with Gasteiger partial charge in [-0.3, -0.25) is 4.90 Å². The van der Waals surface area contributed by atoms with Crippen molar-refractivity contribution in [1.29, 1.82) is 0 Å². The molecule has 4 heteroatoms. The normalized spacial score (nSPS) is 22.0. The molecular formula is C17H24N2S2. The van der Waals surface area contributed by atoms with E-state index in [9.17, 15) is 0 Å². The van der Waals surface area contributed by atoms with Crippen LogP contribution in [0.1, 0.15) is 53.2 Å². The van der Waals surface area contributed by atoms with Crippen LogP contribution in [0.15, 0.2) is 22.9 Å². The molecule has 2 N–H and O–H groups in total. The van der Waals surface area contributed by atoms with E-state index >= 15 is 0 Å². The highest BCUT2D eigenvalue weighted by Gasteiger charge is 2.34. The van der Waals surface area contributed by atoms with E-state index in [1.165, 1.54) is 16.0 Å². The van der Waals surface area contributed by atoms with Crippen molar-refractivity contribution < 1.29 is 0 Å². The largest absolute Gasteiger partial charge is 0.326 e. The van der Waals surface area contributed by atoms with E-state index < -0.39 is 0 Å². The molecule has 0 fully saturated rings. The van der Waals surface area contributed by atoms with Gasteiger partial charge in [0, 0.05) is 28.4 Å². The molecule has 21 heavy (non-hydrogen) atoms. The molecule has 1 aliphatic rings. The predicted octanol–water partition coefficient (Wildman–Crippen LogP) is 4.52. The van der Waals surface area contributed by atoms with Crippen LogP contribution in [-0.4, -0.2) is 17.5 Å². The Morgan fingerprint density at radius 2 is 2.10 bits per heavy atom. The van der Waals surface area contributed by atoms with Crippen molar-refractivity contribution in [2.45, 2.75) is 51.7 Å². The SMILES string of the molecule is CCC(N)C(c1sccc1C)N1CCc2sccc2C1C. The minimum atomic E-state index is 0.199. The predicted molar refractivity (Wildman–Crippen MR) is 93.2 cm³/mol. The fraction of sp³-hybridized carbons (Fsp3) is 0.529. The van der Waals surface area contributed by atoms with Crippen LogP contribution in [0.2, 0.25) is 0 Å². The van der Waals surface area contributed by atoms with Crippen molar-refractivity contribution in [3.8, 4) is 0 Å². The van der Waals surface area contributed by atoms with Gasteiger partial charge >= 0.3 is 0 Å². The van der Waals surface area contributed by atoms with Crippen molar-refractivity contribution in [2.24, 2.45) is 5.73 Å². The zero-order valence-electron chi connectivity index (χ0n) is 13.0. The fourth-order valence-electron chi connectivity index (χ4n) is 3.41. The van der Waals surface area contributed by atoms with Crippen LogP contribution in [0.4, 0.5) is 0 Å². The molecule has 1 aliphatic heterocycles. The maximum atomic E-state index is 6.53. The highest BCUT2D eigenvalue weighted by Crippen LogP contribution is 2.41. The summed E-state index contributed by atoms with van der Waals surface area (Å²) in [6.45, 7) is 7.87. The van der Waals surface area contributed by atoms with E-state index in [0.717, 1.165) is 19.4 Å². The number of nitrogens with zero attached hydrogens (tertiary/aromatic N) is 1. The Balaban J connectivity index is 1.96. The fourth-order valence-corrected chi connectivity index (χ4v) is 5.50. The molecular weight excluding hydrogens is 296 g/mol. The summed E-state index contributed by atoms with van der Waals surface area (Å²) in [7, 11) is 0. The van der Waals surface area contributed by atoms with E-state index in [1.54, 1.807) is 4.88 Å². The van der Waals surface area contributed by atoms with E-state index in [1.807, 2.05) is 22.7 Å². The molecule has 3 rings (SSSR count). The van der Waals surface area contributed by atoms with Crippen molar-refractivity contribution in [3.63, 3.8) is 0 Å². The molecule has 0 aromatic carbocycles. The zero-order valence-corrected chi connectivity index (χ0v) is 14.6. The van der Waals surface area contributed by atoms with Gasteiger partial charge in [-0.2, -0.15) is 0 Å². The number of rotatable bonds is 4. The summed E-state index contributed by atoms with van der Waals surface area (Å²) in [5.74, 6) is 0. The second kappa shape index (κ2) is 6.21. The number of thiophene rings is 2. The third-order valence-electron chi connectivity index (χ3n) is 4.73. The lowest BCUT2D eigenvalue weighted by Crippen LogP contribution is -2.44. The van der Waals surface area contributed by atoms with Crippen LogP contribution in [0.25, 0.3) is 0 Å². The van der Waals surface area contributed by atoms with Gasteiger partial charge in [-0.15, -0.1) is 22.7 Å². The highest BCUT2D eigenvalue weighted by atomic mass is 32.1. The maximum Gasteiger partial charge on any atom is 0.0601 e. The van der Waals surface area contributed by atoms with E-state index in [0.29, 0.717) is 12.1 Å². The molecule has 0 saturated heterocycles. The summed E-state index contributed by atoms with van der Waals surface area (Å²) in [5, 5.41) is 4.43. The highest BCUT2D eigenvalue weighted by molar-refractivity contribution is 7.10. The Morgan fingerprint density at radius 1 is 1.33 bits per heavy atom. The first-order valence-corrected chi connectivity index (χ1v) is 9.51. The molecule has 0 bridgehead atoms. The van der Waals surface area contributed by atoms with Gasteiger partial charge in [0.1, 0.15) is 0 Å². The molecule has 0 spiro atoms. The molecule has 2 nitrogen and oxygen atoms in total. The molecule has 2 aromatic rings. The molecule has 0 radical (unpaired) electrons. The van der Waals surface area contributed by atoms with Crippen molar-refractivity contribution in [1.82, 2.24) is 4.90 Å². The zero-order chi connectivity index (χ0) is 15.0. The summed E-state index contributed by atoms with van der Waals surface area (Å²) in [6.07, 6.45) is 2.18. The van der Waals surface area contributed by atoms with Crippen LogP contribution in [0.5, 0.6) is 0 Å². The van der Waals surface area contributed by atoms with Crippen LogP contribution in [0, 0.1) is 6.92 Å². The van der Waals surface area contributed by atoms with Gasteiger partial charge in [0.05, 0.1) is 6.04 Å². The molecule has 3 unspecified atom stereocenters. The van der Waals surface area contributed by atoms with E-state index in [4.69, 9.17) is 5.73 Å². The summed E-state index contributed by atoms with van der Waals surface area (Å²) in [5.41, 5.74) is 9.43. The lowest BCUT2D eigenvalue weighted by molar-refractivity contribution is 0.115. The number of nitrogens with two attached hydrogens (primary N) is 1. The van der Waals surface area contributed by atoms with Crippen LogP contribution >= 0.6 is 22.7 Å². The standard InChI is InChI=1S/C17H24N2S2/c1-4-14(18)16(17-11(2)6-9-21-17)19-8-5-15-13(12(19)3)7-10-20-15/h6-7,9-10,12,14,16H,4-5,8,18H2,1-3H3. The Hall–Kier alpha value is -0.680. The number of fused-ring (bicyclic) bond motifs is 1. The Kier molecular flexibility index (Phi) is 4.50. The van der Waals surface area contributed by atoms with Crippen LogP contribution in [0.3, 0.4) is 0 Å². The molecule has 3 heterocycles. The van der Waals surface area contributed by atoms with Gasteiger partial charge in [-0.25, -0.2) is 0 Å².